The first-order valence-corrected chi connectivity index (χ1v) is 10.3. The summed E-state index contributed by atoms with van der Waals surface area (Å²) in [5, 5.41) is 2.71. The molecule has 2 aromatic rings. The largest absolute Gasteiger partial charge is 0.476 e. The van der Waals surface area contributed by atoms with E-state index in [2.05, 4.69) is 5.32 Å². The van der Waals surface area contributed by atoms with E-state index >= 15 is 0 Å². The Morgan fingerprint density at radius 3 is 2.61 bits per heavy atom. The van der Waals surface area contributed by atoms with Crippen molar-refractivity contribution in [1.82, 2.24) is 0 Å². The van der Waals surface area contributed by atoms with Gasteiger partial charge < -0.3 is 14.8 Å². The lowest BCUT2D eigenvalue weighted by atomic mass is 10.1. The summed E-state index contributed by atoms with van der Waals surface area (Å²) in [6.07, 6.45) is 0.0272. The standard InChI is InChI=1S/C19H20N2O6S/c1-12-8-9-13(19(23)26-2)10-14(12)20-18(22)17-11-21(28(3,24)25)15-6-4-5-7-16(15)27-17/h4-10,17H,11H2,1-3H3,(H,20,22)/t17-/m1/s1. The van der Waals surface area contributed by atoms with Gasteiger partial charge >= 0.3 is 5.97 Å². The van der Waals surface area contributed by atoms with Crippen molar-refractivity contribution in [3.05, 3.63) is 53.6 Å². The number of para-hydroxylation sites is 2. The van der Waals surface area contributed by atoms with Gasteiger partial charge in [0.05, 0.1) is 31.2 Å². The highest BCUT2D eigenvalue weighted by Gasteiger charge is 2.35. The Morgan fingerprint density at radius 1 is 1.21 bits per heavy atom. The summed E-state index contributed by atoms with van der Waals surface area (Å²) >= 11 is 0. The van der Waals surface area contributed by atoms with E-state index in [4.69, 9.17) is 9.47 Å². The molecule has 9 heteroatoms. The molecule has 8 nitrogen and oxygen atoms in total. The molecule has 2 aromatic carbocycles. The van der Waals surface area contributed by atoms with E-state index in [1.807, 2.05) is 0 Å². The SMILES string of the molecule is COC(=O)c1ccc(C)c(NC(=O)[C@H]2CN(S(C)(=O)=O)c3ccccc3O2)c1. The molecule has 1 aliphatic heterocycles. The van der Waals surface area contributed by atoms with Crippen molar-refractivity contribution in [2.45, 2.75) is 13.0 Å². The van der Waals surface area contributed by atoms with Crippen LogP contribution in [0.15, 0.2) is 42.5 Å². The molecule has 28 heavy (non-hydrogen) atoms. The first kappa shape index (κ1) is 19.7. The number of benzene rings is 2. The van der Waals surface area contributed by atoms with Gasteiger partial charge in [0.1, 0.15) is 5.75 Å². The van der Waals surface area contributed by atoms with E-state index in [1.165, 1.54) is 13.2 Å². The van der Waals surface area contributed by atoms with E-state index in [-0.39, 0.29) is 12.1 Å². The van der Waals surface area contributed by atoms with Crippen molar-refractivity contribution in [3.8, 4) is 5.75 Å². The summed E-state index contributed by atoms with van der Waals surface area (Å²) < 4.78 is 35.9. The van der Waals surface area contributed by atoms with E-state index < -0.39 is 28.0 Å². The Kier molecular flexibility index (Phi) is 5.28. The molecule has 0 spiro atoms. The van der Waals surface area contributed by atoms with Crippen molar-refractivity contribution >= 4 is 33.3 Å². The molecule has 148 valence electrons. The molecule has 0 saturated carbocycles. The predicted molar refractivity (Wildman–Crippen MR) is 104 cm³/mol. The molecule has 0 aliphatic carbocycles. The number of sulfonamides is 1. The van der Waals surface area contributed by atoms with Crippen LogP contribution < -0.4 is 14.4 Å². The van der Waals surface area contributed by atoms with Gasteiger partial charge in [-0.15, -0.1) is 0 Å². The third kappa shape index (κ3) is 3.94. The average Bonchev–Trinajstić information content (AvgIpc) is 2.67. The third-order valence-corrected chi connectivity index (χ3v) is 5.49. The number of rotatable bonds is 4. The minimum absolute atomic E-state index is 0.155. The first-order chi connectivity index (χ1) is 13.2. The van der Waals surface area contributed by atoms with Crippen LogP contribution in [-0.4, -0.2) is 46.3 Å². The van der Waals surface area contributed by atoms with Gasteiger partial charge in [-0.05, 0) is 36.8 Å². The molecule has 3 rings (SSSR count). The Labute approximate surface area is 163 Å². The van der Waals surface area contributed by atoms with Crippen LogP contribution in [0.3, 0.4) is 0 Å². The number of ether oxygens (including phenoxy) is 2. The number of nitrogens with zero attached hydrogens (tertiary/aromatic N) is 1. The zero-order valence-corrected chi connectivity index (χ0v) is 16.4. The minimum atomic E-state index is -3.60. The molecule has 1 atom stereocenters. The normalized spacial score (nSPS) is 16.0. The lowest BCUT2D eigenvalue weighted by Crippen LogP contribution is -2.48. The highest BCUT2D eigenvalue weighted by atomic mass is 32.2. The van der Waals surface area contributed by atoms with Crippen LogP contribution in [0.5, 0.6) is 5.75 Å². The molecule has 0 fully saturated rings. The van der Waals surface area contributed by atoms with Crippen LogP contribution in [0.25, 0.3) is 0 Å². The molecule has 0 radical (unpaired) electrons. The van der Waals surface area contributed by atoms with Gasteiger partial charge in [0.2, 0.25) is 10.0 Å². The second-order valence-corrected chi connectivity index (χ2v) is 8.29. The fourth-order valence-electron chi connectivity index (χ4n) is 2.87. The maximum absolute atomic E-state index is 12.8. The van der Waals surface area contributed by atoms with Crippen LogP contribution in [0.4, 0.5) is 11.4 Å². The van der Waals surface area contributed by atoms with E-state index in [9.17, 15) is 18.0 Å². The van der Waals surface area contributed by atoms with Gasteiger partial charge in [-0.3, -0.25) is 9.10 Å². The number of nitrogens with one attached hydrogen (secondary N) is 1. The average molecular weight is 404 g/mol. The number of hydrogen-bond acceptors (Lipinski definition) is 6. The highest BCUT2D eigenvalue weighted by Crippen LogP contribution is 2.34. The van der Waals surface area contributed by atoms with Crippen molar-refractivity contribution < 1.29 is 27.5 Å². The summed E-state index contributed by atoms with van der Waals surface area (Å²) in [5.74, 6) is -0.741. The fraction of sp³-hybridized carbons (Fsp3) is 0.263. The molecule has 0 saturated heterocycles. The maximum Gasteiger partial charge on any atom is 0.337 e. The molecular formula is C19H20N2O6S. The summed E-state index contributed by atoms with van der Waals surface area (Å²) in [5.41, 5.74) is 1.83. The van der Waals surface area contributed by atoms with Crippen molar-refractivity contribution in [2.24, 2.45) is 0 Å². The van der Waals surface area contributed by atoms with Gasteiger partial charge in [-0.25, -0.2) is 13.2 Å². The molecule has 1 aliphatic rings. The fourth-order valence-corrected chi connectivity index (χ4v) is 3.78. The Hall–Kier alpha value is -3.07. The number of hydrogen-bond donors (Lipinski definition) is 1. The number of fused-ring (bicyclic) bond motifs is 1. The number of esters is 1. The number of anilines is 2. The molecule has 1 N–H and O–H groups in total. The quantitative estimate of drug-likeness (QED) is 0.782. The van der Waals surface area contributed by atoms with Crippen LogP contribution in [0.1, 0.15) is 15.9 Å². The van der Waals surface area contributed by atoms with Gasteiger partial charge in [0, 0.05) is 5.69 Å². The summed E-state index contributed by atoms with van der Waals surface area (Å²) in [7, 11) is -2.32. The monoisotopic (exact) mass is 404 g/mol. The summed E-state index contributed by atoms with van der Waals surface area (Å²) in [4.78, 5) is 24.5. The van der Waals surface area contributed by atoms with Gasteiger partial charge in [0.25, 0.3) is 5.91 Å². The van der Waals surface area contributed by atoms with Gasteiger partial charge in [-0.1, -0.05) is 18.2 Å². The minimum Gasteiger partial charge on any atom is -0.476 e. The third-order valence-electron chi connectivity index (χ3n) is 4.34. The van der Waals surface area contributed by atoms with Crippen molar-refractivity contribution in [3.63, 3.8) is 0 Å². The summed E-state index contributed by atoms with van der Waals surface area (Å²) in [6.45, 7) is 1.62. The first-order valence-electron chi connectivity index (χ1n) is 8.44. The lowest BCUT2D eigenvalue weighted by Gasteiger charge is -2.33. The molecule has 1 amide bonds. The summed E-state index contributed by atoms with van der Waals surface area (Å²) in [6, 6.07) is 11.4. The van der Waals surface area contributed by atoms with E-state index in [0.29, 0.717) is 17.1 Å². The van der Waals surface area contributed by atoms with Gasteiger partial charge in [0.15, 0.2) is 6.10 Å². The van der Waals surface area contributed by atoms with Crippen LogP contribution in [-0.2, 0) is 19.6 Å². The topological polar surface area (TPSA) is 102 Å². The molecule has 0 aromatic heterocycles. The van der Waals surface area contributed by atoms with Crippen molar-refractivity contribution in [1.29, 1.82) is 0 Å². The Balaban J connectivity index is 1.87. The zero-order chi connectivity index (χ0) is 20.5. The van der Waals surface area contributed by atoms with E-state index in [1.54, 1.807) is 43.3 Å². The van der Waals surface area contributed by atoms with Gasteiger partial charge in [-0.2, -0.15) is 0 Å². The Bertz CT molecular complexity index is 1030. The molecule has 1 heterocycles. The number of amides is 1. The number of methoxy groups -OCH3 is 1. The second-order valence-electron chi connectivity index (χ2n) is 6.38. The smallest absolute Gasteiger partial charge is 0.337 e. The number of carbonyl (C=O) groups is 2. The lowest BCUT2D eigenvalue weighted by molar-refractivity contribution is -0.122. The van der Waals surface area contributed by atoms with Crippen LogP contribution in [0.2, 0.25) is 0 Å². The number of aryl methyl sites for hydroxylation is 1. The zero-order valence-electron chi connectivity index (χ0n) is 15.6. The maximum atomic E-state index is 12.8. The van der Waals surface area contributed by atoms with Crippen LogP contribution in [0, 0.1) is 6.92 Å². The molecule has 0 unspecified atom stereocenters. The molecule has 0 bridgehead atoms. The second kappa shape index (κ2) is 7.51. The van der Waals surface area contributed by atoms with Crippen LogP contribution >= 0.6 is 0 Å². The molecular weight excluding hydrogens is 384 g/mol. The predicted octanol–water partition coefficient (Wildman–Crippen LogP) is 1.95. The number of carbonyl (C=O) groups excluding carboxylic acids is 2. The highest BCUT2D eigenvalue weighted by molar-refractivity contribution is 7.92. The Morgan fingerprint density at radius 2 is 1.93 bits per heavy atom. The van der Waals surface area contributed by atoms with Crippen molar-refractivity contribution in [2.75, 3.05) is 29.5 Å². The van der Waals surface area contributed by atoms with E-state index in [0.717, 1.165) is 16.1 Å².